The normalized spacial score (nSPS) is 9.89. The molecule has 0 unspecified atom stereocenters. The first-order chi connectivity index (χ1) is 8.60. The number of halogens is 1. The minimum absolute atomic E-state index is 0.630. The van der Waals surface area contributed by atoms with Crippen LogP contribution in [0.3, 0.4) is 0 Å². The van der Waals surface area contributed by atoms with Gasteiger partial charge in [-0.1, -0.05) is 15.9 Å². The summed E-state index contributed by atoms with van der Waals surface area (Å²) >= 11 is 3.53. The minimum atomic E-state index is 0.630. The molecule has 0 amide bonds. The van der Waals surface area contributed by atoms with Crippen LogP contribution >= 0.6 is 15.9 Å². The summed E-state index contributed by atoms with van der Waals surface area (Å²) in [6.07, 6.45) is 0. The van der Waals surface area contributed by atoms with Gasteiger partial charge in [0.1, 0.15) is 11.5 Å². The van der Waals surface area contributed by atoms with Crippen LogP contribution < -0.4 is 4.74 Å². The van der Waals surface area contributed by atoms with E-state index < -0.39 is 0 Å². The molecular formula is C15H12BrNO. The molecule has 2 nitrogen and oxygen atoms in total. The van der Waals surface area contributed by atoms with Gasteiger partial charge >= 0.3 is 0 Å². The third kappa shape index (κ3) is 2.72. The van der Waals surface area contributed by atoms with Gasteiger partial charge in [0.25, 0.3) is 0 Å². The van der Waals surface area contributed by atoms with E-state index in [-0.39, 0.29) is 0 Å². The molecule has 0 radical (unpaired) electrons. The van der Waals surface area contributed by atoms with Crippen molar-refractivity contribution in [1.82, 2.24) is 0 Å². The van der Waals surface area contributed by atoms with Gasteiger partial charge in [0.15, 0.2) is 0 Å². The number of nitriles is 1. The van der Waals surface area contributed by atoms with Crippen LogP contribution in [0.5, 0.6) is 11.5 Å². The number of rotatable bonds is 2. The molecule has 0 aliphatic carbocycles. The molecule has 0 heterocycles. The van der Waals surface area contributed by atoms with Crippen LogP contribution in [0.2, 0.25) is 0 Å². The van der Waals surface area contributed by atoms with Crippen molar-refractivity contribution in [3.63, 3.8) is 0 Å². The van der Waals surface area contributed by atoms with Crippen molar-refractivity contribution in [3.05, 3.63) is 57.6 Å². The summed E-state index contributed by atoms with van der Waals surface area (Å²) in [5.74, 6) is 1.54. The van der Waals surface area contributed by atoms with Crippen molar-refractivity contribution in [2.45, 2.75) is 13.8 Å². The van der Waals surface area contributed by atoms with Gasteiger partial charge in [-0.25, -0.2) is 0 Å². The maximum Gasteiger partial charge on any atom is 0.128 e. The average molecular weight is 302 g/mol. The van der Waals surface area contributed by atoms with Gasteiger partial charge in [-0.05, 0) is 61.4 Å². The van der Waals surface area contributed by atoms with Crippen molar-refractivity contribution in [2.24, 2.45) is 0 Å². The molecule has 0 fully saturated rings. The number of ether oxygens (including phenoxy) is 1. The highest BCUT2D eigenvalue weighted by Crippen LogP contribution is 2.29. The van der Waals surface area contributed by atoms with E-state index in [0.717, 1.165) is 27.1 Å². The van der Waals surface area contributed by atoms with E-state index >= 15 is 0 Å². The molecule has 0 spiro atoms. The van der Waals surface area contributed by atoms with Gasteiger partial charge in [-0.15, -0.1) is 0 Å². The van der Waals surface area contributed by atoms with Gasteiger partial charge in [-0.3, -0.25) is 0 Å². The van der Waals surface area contributed by atoms with E-state index in [4.69, 9.17) is 10.00 Å². The molecule has 2 rings (SSSR count). The van der Waals surface area contributed by atoms with E-state index in [2.05, 4.69) is 22.0 Å². The van der Waals surface area contributed by atoms with Crippen LogP contribution in [-0.2, 0) is 0 Å². The Hall–Kier alpha value is -1.79. The highest BCUT2D eigenvalue weighted by molar-refractivity contribution is 9.10. The fraction of sp³-hybridized carbons (Fsp3) is 0.133. The Bertz CT molecular complexity index is 588. The Morgan fingerprint density at radius 2 is 1.56 bits per heavy atom. The fourth-order valence-corrected chi connectivity index (χ4v) is 1.93. The molecule has 0 aliphatic rings. The maximum atomic E-state index is 8.73. The lowest BCUT2D eigenvalue weighted by molar-refractivity contribution is 0.481. The highest BCUT2D eigenvalue weighted by Gasteiger charge is 2.04. The highest BCUT2D eigenvalue weighted by atomic mass is 79.9. The van der Waals surface area contributed by atoms with Crippen LogP contribution in [-0.4, -0.2) is 0 Å². The molecule has 90 valence electrons. The summed E-state index contributed by atoms with van der Waals surface area (Å²) in [5, 5.41) is 8.73. The Kier molecular flexibility index (Phi) is 3.69. The summed E-state index contributed by atoms with van der Waals surface area (Å²) in [7, 11) is 0. The van der Waals surface area contributed by atoms with Gasteiger partial charge in [0, 0.05) is 4.47 Å². The summed E-state index contributed by atoms with van der Waals surface area (Å²) in [5.41, 5.74) is 2.91. The number of aryl methyl sites for hydroxylation is 2. The second-order valence-electron chi connectivity index (χ2n) is 4.11. The third-order valence-electron chi connectivity index (χ3n) is 2.63. The van der Waals surface area contributed by atoms with E-state index in [1.54, 1.807) is 24.3 Å². The van der Waals surface area contributed by atoms with Gasteiger partial charge in [0.05, 0.1) is 11.6 Å². The van der Waals surface area contributed by atoms with Crippen molar-refractivity contribution < 1.29 is 4.74 Å². The van der Waals surface area contributed by atoms with Crippen molar-refractivity contribution >= 4 is 15.9 Å². The zero-order valence-electron chi connectivity index (χ0n) is 10.2. The Labute approximate surface area is 115 Å². The molecule has 0 saturated carbocycles. The Morgan fingerprint density at radius 3 is 2.06 bits per heavy atom. The monoisotopic (exact) mass is 301 g/mol. The number of hydrogen-bond donors (Lipinski definition) is 0. The second-order valence-corrected chi connectivity index (χ2v) is 4.90. The van der Waals surface area contributed by atoms with Gasteiger partial charge in [-0.2, -0.15) is 5.26 Å². The van der Waals surface area contributed by atoms with E-state index in [0.29, 0.717) is 5.56 Å². The molecule has 3 heteroatoms. The predicted molar refractivity (Wildman–Crippen MR) is 74.8 cm³/mol. The van der Waals surface area contributed by atoms with Crippen LogP contribution in [0, 0.1) is 25.2 Å². The van der Waals surface area contributed by atoms with E-state index in [9.17, 15) is 0 Å². The van der Waals surface area contributed by atoms with Crippen LogP contribution in [0.25, 0.3) is 0 Å². The summed E-state index contributed by atoms with van der Waals surface area (Å²) in [6, 6.07) is 13.1. The average Bonchev–Trinajstić information content (AvgIpc) is 2.37. The summed E-state index contributed by atoms with van der Waals surface area (Å²) < 4.78 is 6.87. The standard InChI is InChI=1S/C15H12BrNO/c1-10-7-14(8-11(2)15(10)16)18-13-5-3-12(9-17)4-6-13/h3-8H,1-2H3. The van der Waals surface area contributed by atoms with E-state index in [1.165, 1.54) is 0 Å². The minimum Gasteiger partial charge on any atom is -0.457 e. The quantitative estimate of drug-likeness (QED) is 0.803. The van der Waals surface area contributed by atoms with Crippen molar-refractivity contribution in [1.29, 1.82) is 5.26 Å². The molecule has 0 aromatic heterocycles. The largest absolute Gasteiger partial charge is 0.457 e. The molecule has 0 atom stereocenters. The smallest absolute Gasteiger partial charge is 0.128 e. The third-order valence-corrected chi connectivity index (χ3v) is 3.88. The molecule has 0 bridgehead atoms. The molecule has 0 aliphatic heterocycles. The lowest BCUT2D eigenvalue weighted by Gasteiger charge is -2.09. The summed E-state index contributed by atoms with van der Waals surface area (Å²) in [4.78, 5) is 0. The first-order valence-electron chi connectivity index (χ1n) is 5.55. The number of nitrogens with zero attached hydrogens (tertiary/aromatic N) is 1. The SMILES string of the molecule is Cc1cc(Oc2ccc(C#N)cc2)cc(C)c1Br. The van der Waals surface area contributed by atoms with Crippen molar-refractivity contribution in [3.8, 4) is 17.6 Å². The zero-order valence-corrected chi connectivity index (χ0v) is 11.8. The van der Waals surface area contributed by atoms with E-state index in [1.807, 2.05) is 26.0 Å². The molecule has 0 saturated heterocycles. The molecule has 2 aromatic carbocycles. The first-order valence-corrected chi connectivity index (χ1v) is 6.34. The molecule has 18 heavy (non-hydrogen) atoms. The van der Waals surface area contributed by atoms with Crippen molar-refractivity contribution in [2.75, 3.05) is 0 Å². The maximum absolute atomic E-state index is 8.73. The predicted octanol–water partition coefficient (Wildman–Crippen LogP) is 4.73. The Morgan fingerprint density at radius 1 is 1.00 bits per heavy atom. The second kappa shape index (κ2) is 5.24. The topological polar surface area (TPSA) is 33.0 Å². The number of benzene rings is 2. The van der Waals surface area contributed by atoms with Crippen LogP contribution in [0.4, 0.5) is 0 Å². The lowest BCUT2D eigenvalue weighted by Crippen LogP contribution is -1.88. The van der Waals surface area contributed by atoms with Gasteiger partial charge < -0.3 is 4.74 Å². The Balaban J connectivity index is 2.26. The summed E-state index contributed by atoms with van der Waals surface area (Å²) in [6.45, 7) is 4.06. The zero-order chi connectivity index (χ0) is 13.1. The van der Waals surface area contributed by atoms with Crippen LogP contribution in [0.15, 0.2) is 40.9 Å². The van der Waals surface area contributed by atoms with Crippen LogP contribution in [0.1, 0.15) is 16.7 Å². The molecule has 0 N–H and O–H groups in total. The molecule has 2 aromatic rings. The molecular weight excluding hydrogens is 290 g/mol. The lowest BCUT2D eigenvalue weighted by atomic mass is 10.1. The first kappa shape index (κ1) is 12.7. The van der Waals surface area contributed by atoms with Gasteiger partial charge in [0.2, 0.25) is 0 Å². The fourth-order valence-electron chi connectivity index (χ4n) is 1.70. The number of hydrogen-bond acceptors (Lipinski definition) is 2.